The molecule has 1 atom stereocenters. The van der Waals surface area contributed by atoms with Crippen LogP contribution in [0, 0.1) is 6.92 Å². The Morgan fingerprint density at radius 3 is 2.60 bits per heavy atom. The van der Waals surface area contributed by atoms with Crippen molar-refractivity contribution in [1.82, 2.24) is 19.6 Å². The highest BCUT2D eigenvalue weighted by atomic mass is 16.5. The summed E-state index contributed by atoms with van der Waals surface area (Å²) in [6, 6.07) is 0.335. The van der Waals surface area contributed by atoms with Gasteiger partial charge in [-0.2, -0.15) is 5.10 Å². The standard InChI is InChI=1S/C18H28N4O3/c1-4-21-12-17(13(2)19-21)18(24)20-8-5-16(11-20)22(14(3)23)15-6-9-25-10-7-15/h12,15-16H,4-11H2,1-3H3. The van der Waals surface area contributed by atoms with E-state index in [0.717, 1.165) is 31.5 Å². The molecule has 3 heterocycles. The lowest BCUT2D eigenvalue weighted by molar-refractivity contribution is -0.135. The van der Waals surface area contributed by atoms with E-state index in [-0.39, 0.29) is 23.9 Å². The summed E-state index contributed by atoms with van der Waals surface area (Å²) in [4.78, 5) is 29.0. The summed E-state index contributed by atoms with van der Waals surface area (Å²) in [5.41, 5.74) is 1.44. The molecule has 1 aromatic rings. The molecule has 25 heavy (non-hydrogen) atoms. The first kappa shape index (κ1) is 17.9. The number of hydrogen-bond donors (Lipinski definition) is 0. The molecule has 0 radical (unpaired) electrons. The van der Waals surface area contributed by atoms with Crippen molar-refractivity contribution in [2.24, 2.45) is 0 Å². The summed E-state index contributed by atoms with van der Waals surface area (Å²) in [6.07, 6.45) is 4.43. The van der Waals surface area contributed by atoms with E-state index < -0.39 is 0 Å². The lowest BCUT2D eigenvalue weighted by atomic mass is 10.0. The van der Waals surface area contributed by atoms with Crippen molar-refractivity contribution < 1.29 is 14.3 Å². The molecule has 1 aromatic heterocycles. The predicted octanol–water partition coefficient (Wildman–Crippen LogP) is 1.45. The molecule has 2 fully saturated rings. The van der Waals surface area contributed by atoms with Crippen molar-refractivity contribution >= 4 is 11.8 Å². The number of hydrogen-bond acceptors (Lipinski definition) is 4. The van der Waals surface area contributed by atoms with Crippen LogP contribution in [0.2, 0.25) is 0 Å². The Morgan fingerprint density at radius 1 is 1.28 bits per heavy atom. The molecule has 0 aromatic carbocycles. The van der Waals surface area contributed by atoms with Crippen molar-refractivity contribution in [1.29, 1.82) is 0 Å². The summed E-state index contributed by atoms with van der Waals surface area (Å²) in [7, 11) is 0. The first-order valence-corrected chi connectivity index (χ1v) is 9.21. The molecule has 2 saturated heterocycles. The van der Waals surface area contributed by atoms with Crippen LogP contribution in [0.4, 0.5) is 0 Å². The quantitative estimate of drug-likeness (QED) is 0.826. The summed E-state index contributed by atoms with van der Waals surface area (Å²) >= 11 is 0. The van der Waals surface area contributed by atoms with Gasteiger partial charge in [-0.1, -0.05) is 0 Å². The van der Waals surface area contributed by atoms with Crippen LogP contribution < -0.4 is 0 Å². The lowest BCUT2D eigenvalue weighted by Crippen LogP contribution is -2.49. The highest BCUT2D eigenvalue weighted by Crippen LogP contribution is 2.25. The number of nitrogens with zero attached hydrogens (tertiary/aromatic N) is 4. The van der Waals surface area contributed by atoms with E-state index in [0.29, 0.717) is 31.9 Å². The van der Waals surface area contributed by atoms with Gasteiger partial charge >= 0.3 is 0 Å². The number of aromatic nitrogens is 2. The maximum atomic E-state index is 12.9. The molecule has 3 rings (SSSR count). The van der Waals surface area contributed by atoms with Crippen LogP contribution in [0.5, 0.6) is 0 Å². The molecule has 7 heteroatoms. The Hall–Kier alpha value is -1.89. The molecule has 138 valence electrons. The average molecular weight is 348 g/mol. The van der Waals surface area contributed by atoms with Crippen molar-refractivity contribution in [2.45, 2.75) is 58.7 Å². The molecular weight excluding hydrogens is 320 g/mol. The normalized spacial score (nSPS) is 21.6. The number of ether oxygens (including phenoxy) is 1. The molecular formula is C18H28N4O3. The van der Waals surface area contributed by atoms with Crippen molar-refractivity contribution in [3.63, 3.8) is 0 Å². The Kier molecular flexibility index (Phi) is 5.42. The monoisotopic (exact) mass is 348 g/mol. The molecule has 1 unspecified atom stereocenters. The van der Waals surface area contributed by atoms with Crippen molar-refractivity contribution in [3.8, 4) is 0 Å². The molecule has 0 aliphatic carbocycles. The Balaban J connectivity index is 1.69. The van der Waals surface area contributed by atoms with Gasteiger partial charge in [0.25, 0.3) is 5.91 Å². The van der Waals surface area contributed by atoms with Crippen LogP contribution in [0.1, 0.15) is 49.2 Å². The molecule has 2 aliphatic heterocycles. The first-order chi connectivity index (χ1) is 12.0. The average Bonchev–Trinajstić information content (AvgIpc) is 3.22. The van der Waals surface area contributed by atoms with Gasteiger partial charge < -0.3 is 14.5 Å². The fourth-order valence-electron chi connectivity index (χ4n) is 3.99. The number of amides is 2. The zero-order chi connectivity index (χ0) is 18.0. The summed E-state index contributed by atoms with van der Waals surface area (Å²) < 4.78 is 7.22. The second-order valence-electron chi connectivity index (χ2n) is 6.95. The van der Waals surface area contributed by atoms with E-state index in [1.54, 1.807) is 11.6 Å². The van der Waals surface area contributed by atoms with Gasteiger partial charge in [-0.3, -0.25) is 14.3 Å². The minimum Gasteiger partial charge on any atom is -0.381 e. The van der Waals surface area contributed by atoms with Crippen LogP contribution in [0.3, 0.4) is 0 Å². The SMILES string of the molecule is CCn1cc(C(=O)N2CCC(N(C(C)=O)C3CCOCC3)C2)c(C)n1. The molecule has 2 amide bonds. The Morgan fingerprint density at radius 2 is 2.00 bits per heavy atom. The summed E-state index contributed by atoms with van der Waals surface area (Å²) in [6.45, 7) is 8.97. The predicted molar refractivity (Wildman–Crippen MR) is 93.3 cm³/mol. The maximum Gasteiger partial charge on any atom is 0.257 e. The van der Waals surface area contributed by atoms with Gasteiger partial charge in [0, 0.05) is 52.0 Å². The van der Waals surface area contributed by atoms with E-state index in [2.05, 4.69) is 5.10 Å². The number of carbonyl (C=O) groups is 2. The number of likely N-dealkylation sites (tertiary alicyclic amines) is 1. The van der Waals surface area contributed by atoms with E-state index >= 15 is 0 Å². The van der Waals surface area contributed by atoms with E-state index in [4.69, 9.17) is 4.74 Å². The zero-order valence-corrected chi connectivity index (χ0v) is 15.4. The second kappa shape index (κ2) is 7.56. The maximum absolute atomic E-state index is 12.9. The van der Waals surface area contributed by atoms with Crippen molar-refractivity contribution in [2.75, 3.05) is 26.3 Å². The Labute approximate surface area is 148 Å². The third-order valence-corrected chi connectivity index (χ3v) is 5.29. The van der Waals surface area contributed by atoms with E-state index in [9.17, 15) is 9.59 Å². The van der Waals surface area contributed by atoms with Crippen LogP contribution in [-0.4, -0.2) is 69.8 Å². The number of aryl methyl sites for hydroxylation is 2. The third kappa shape index (κ3) is 3.71. The van der Waals surface area contributed by atoms with Crippen LogP contribution in [-0.2, 0) is 16.1 Å². The van der Waals surface area contributed by atoms with Gasteiger partial charge in [-0.25, -0.2) is 0 Å². The third-order valence-electron chi connectivity index (χ3n) is 5.29. The lowest BCUT2D eigenvalue weighted by Gasteiger charge is -2.37. The Bertz CT molecular complexity index is 636. The van der Waals surface area contributed by atoms with Gasteiger partial charge in [-0.05, 0) is 33.1 Å². The van der Waals surface area contributed by atoms with Crippen LogP contribution >= 0.6 is 0 Å². The summed E-state index contributed by atoms with van der Waals surface area (Å²) in [5, 5.41) is 4.37. The zero-order valence-electron chi connectivity index (χ0n) is 15.4. The van der Waals surface area contributed by atoms with Gasteiger partial charge in [0.1, 0.15) is 0 Å². The molecule has 0 N–H and O–H groups in total. The topological polar surface area (TPSA) is 67.7 Å². The highest BCUT2D eigenvalue weighted by Gasteiger charge is 2.36. The van der Waals surface area contributed by atoms with Crippen LogP contribution in [0.15, 0.2) is 6.20 Å². The smallest absolute Gasteiger partial charge is 0.257 e. The van der Waals surface area contributed by atoms with Gasteiger partial charge in [-0.15, -0.1) is 0 Å². The van der Waals surface area contributed by atoms with Gasteiger partial charge in [0.15, 0.2) is 0 Å². The minimum absolute atomic E-state index is 0.0233. The van der Waals surface area contributed by atoms with E-state index in [1.165, 1.54) is 0 Å². The molecule has 2 aliphatic rings. The largest absolute Gasteiger partial charge is 0.381 e. The summed E-state index contributed by atoms with van der Waals surface area (Å²) in [5.74, 6) is 0.122. The first-order valence-electron chi connectivity index (χ1n) is 9.21. The number of carbonyl (C=O) groups excluding carboxylic acids is 2. The fourth-order valence-corrected chi connectivity index (χ4v) is 3.99. The molecule has 0 spiro atoms. The molecule has 0 saturated carbocycles. The second-order valence-corrected chi connectivity index (χ2v) is 6.95. The van der Waals surface area contributed by atoms with Crippen molar-refractivity contribution in [3.05, 3.63) is 17.5 Å². The van der Waals surface area contributed by atoms with E-state index in [1.807, 2.05) is 29.8 Å². The van der Waals surface area contributed by atoms with Gasteiger partial charge in [0.05, 0.1) is 17.3 Å². The molecule has 7 nitrogen and oxygen atoms in total. The number of rotatable bonds is 4. The fraction of sp³-hybridized carbons (Fsp3) is 0.722. The molecule has 0 bridgehead atoms. The van der Waals surface area contributed by atoms with Gasteiger partial charge in [0.2, 0.25) is 5.91 Å². The minimum atomic E-state index is 0.0233. The highest BCUT2D eigenvalue weighted by molar-refractivity contribution is 5.95. The van der Waals surface area contributed by atoms with Crippen LogP contribution in [0.25, 0.3) is 0 Å².